The van der Waals surface area contributed by atoms with E-state index in [-0.39, 0.29) is 4.90 Å². The first-order chi connectivity index (χ1) is 13.5. The van der Waals surface area contributed by atoms with Crippen molar-refractivity contribution in [3.63, 3.8) is 0 Å². The molecule has 0 aliphatic carbocycles. The first-order valence-corrected chi connectivity index (χ1v) is 10.6. The minimum absolute atomic E-state index is 0.0737. The Bertz CT molecular complexity index is 884. The number of unbranched alkanes of at least 4 members (excludes halogenated alkanes) is 3. The molecule has 0 spiro atoms. The number of halogens is 1. The number of nitrogens with one attached hydrogen (secondary N) is 1. The van der Waals surface area contributed by atoms with Crippen LogP contribution in [0.5, 0.6) is 11.5 Å². The lowest BCUT2D eigenvalue weighted by Gasteiger charge is -2.11. The average molecular weight is 408 g/mol. The van der Waals surface area contributed by atoms with Crippen LogP contribution in [0.15, 0.2) is 52.5 Å². The number of benzene rings is 2. The molecule has 0 saturated heterocycles. The Morgan fingerprint density at radius 1 is 1.07 bits per heavy atom. The summed E-state index contributed by atoms with van der Waals surface area (Å²) in [5.41, 5.74) is 0.636. The topological polar surface area (TPSA) is 77.0 Å². The number of nitrogens with zero attached hydrogens (tertiary/aromatic N) is 1. The van der Waals surface area contributed by atoms with Crippen molar-refractivity contribution in [1.29, 1.82) is 0 Å². The van der Waals surface area contributed by atoms with E-state index in [9.17, 15) is 12.8 Å². The van der Waals surface area contributed by atoms with Crippen LogP contribution < -0.4 is 14.3 Å². The summed E-state index contributed by atoms with van der Waals surface area (Å²) in [5, 5.41) is 3.76. The number of ether oxygens (including phenoxy) is 2. The second-order valence-corrected chi connectivity index (χ2v) is 7.79. The highest BCUT2D eigenvalue weighted by atomic mass is 32.2. The van der Waals surface area contributed by atoms with Crippen molar-refractivity contribution in [2.75, 3.05) is 13.7 Å². The Balaban J connectivity index is 1.98. The Morgan fingerprint density at radius 2 is 1.82 bits per heavy atom. The molecule has 0 atom stereocenters. The Hall–Kier alpha value is -2.61. The Morgan fingerprint density at radius 3 is 2.50 bits per heavy atom. The van der Waals surface area contributed by atoms with Crippen LogP contribution in [-0.4, -0.2) is 28.3 Å². The fourth-order valence-electron chi connectivity index (χ4n) is 2.43. The molecule has 0 aliphatic rings. The SMILES string of the molecule is CCCCCCOc1ccc(/C=N/NS(=O)(=O)c2ccc(F)cc2)cc1OC. The number of methoxy groups -OCH3 is 1. The Labute approximate surface area is 165 Å². The largest absolute Gasteiger partial charge is 0.493 e. The van der Waals surface area contributed by atoms with Gasteiger partial charge in [0.2, 0.25) is 0 Å². The molecule has 0 aliphatic heterocycles. The zero-order valence-electron chi connectivity index (χ0n) is 16.0. The van der Waals surface area contributed by atoms with Gasteiger partial charge in [0.05, 0.1) is 24.8 Å². The summed E-state index contributed by atoms with van der Waals surface area (Å²) in [4.78, 5) is 2.02. The normalized spacial score (nSPS) is 11.5. The molecule has 2 aromatic carbocycles. The summed E-state index contributed by atoms with van der Waals surface area (Å²) in [6, 6.07) is 9.70. The van der Waals surface area contributed by atoms with Crippen molar-refractivity contribution in [1.82, 2.24) is 4.83 Å². The minimum Gasteiger partial charge on any atom is -0.493 e. The van der Waals surface area contributed by atoms with Gasteiger partial charge in [-0.3, -0.25) is 0 Å². The first-order valence-electron chi connectivity index (χ1n) is 9.07. The van der Waals surface area contributed by atoms with E-state index in [4.69, 9.17) is 9.47 Å². The molecule has 0 radical (unpaired) electrons. The van der Waals surface area contributed by atoms with Crippen molar-refractivity contribution < 1.29 is 22.3 Å². The van der Waals surface area contributed by atoms with Gasteiger partial charge in [-0.15, -0.1) is 0 Å². The molecule has 0 aromatic heterocycles. The molecule has 0 bridgehead atoms. The van der Waals surface area contributed by atoms with E-state index < -0.39 is 15.8 Å². The van der Waals surface area contributed by atoms with Crippen LogP contribution in [0.1, 0.15) is 38.2 Å². The lowest BCUT2D eigenvalue weighted by molar-refractivity contribution is 0.285. The summed E-state index contributed by atoms with van der Waals surface area (Å²) in [6.07, 6.45) is 5.81. The summed E-state index contributed by atoms with van der Waals surface area (Å²) in [6.45, 7) is 2.77. The molecule has 0 saturated carbocycles. The molecular formula is C20H25FN2O4S. The van der Waals surface area contributed by atoms with Crippen LogP contribution in [0.3, 0.4) is 0 Å². The fraction of sp³-hybridized carbons (Fsp3) is 0.350. The molecule has 1 N–H and O–H groups in total. The average Bonchev–Trinajstić information content (AvgIpc) is 2.68. The highest BCUT2D eigenvalue weighted by Crippen LogP contribution is 2.27. The van der Waals surface area contributed by atoms with Crippen LogP contribution in [0.25, 0.3) is 0 Å². The second-order valence-electron chi connectivity index (χ2n) is 6.13. The third-order valence-electron chi connectivity index (χ3n) is 3.95. The van der Waals surface area contributed by atoms with E-state index >= 15 is 0 Å². The van der Waals surface area contributed by atoms with Crippen molar-refractivity contribution in [3.8, 4) is 11.5 Å². The number of sulfonamides is 1. The summed E-state index contributed by atoms with van der Waals surface area (Å²) in [5.74, 6) is 0.658. The third kappa shape index (κ3) is 6.53. The molecule has 0 amide bonds. The fourth-order valence-corrected chi connectivity index (χ4v) is 3.22. The molecule has 2 rings (SSSR count). The van der Waals surface area contributed by atoms with Crippen molar-refractivity contribution in [2.24, 2.45) is 5.10 Å². The Kier molecular flexibility index (Phi) is 8.25. The zero-order valence-corrected chi connectivity index (χ0v) is 16.8. The highest BCUT2D eigenvalue weighted by Gasteiger charge is 2.12. The van der Waals surface area contributed by atoms with Gasteiger partial charge in [0, 0.05) is 0 Å². The highest BCUT2D eigenvalue weighted by molar-refractivity contribution is 7.89. The quantitative estimate of drug-likeness (QED) is 0.345. The van der Waals surface area contributed by atoms with Crippen LogP contribution in [0.4, 0.5) is 4.39 Å². The van der Waals surface area contributed by atoms with Crippen LogP contribution in [-0.2, 0) is 10.0 Å². The van der Waals surface area contributed by atoms with Gasteiger partial charge in [0.1, 0.15) is 5.82 Å². The third-order valence-corrected chi connectivity index (χ3v) is 5.19. The van der Waals surface area contributed by atoms with Gasteiger partial charge < -0.3 is 9.47 Å². The zero-order chi connectivity index (χ0) is 20.4. The number of hydrogen-bond donors (Lipinski definition) is 1. The van der Waals surface area contributed by atoms with Crippen LogP contribution in [0.2, 0.25) is 0 Å². The van der Waals surface area contributed by atoms with E-state index in [1.165, 1.54) is 38.3 Å². The van der Waals surface area contributed by atoms with E-state index in [0.29, 0.717) is 23.7 Å². The van der Waals surface area contributed by atoms with E-state index in [0.717, 1.165) is 25.0 Å². The van der Waals surface area contributed by atoms with Gasteiger partial charge in [-0.2, -0.15) is 13.5 Å². The van der Waals surface area contributed by atoms with Gasteiger partial charge in [-0.25, -0.2) is 9.22 Å². The maximum Gasteiger partial charge on any atom is 0.276 e. The molecule has 0 heterocycles. The van der Waals surface area contributed by atoms with E-state index in [2.05, 4.69) is 16.9 Å². The molecule has 0 unspecified atom stereocenters. The van der Waals surface area contributed by atoms with Crippen molar-refractivity contribution in [2.45, 2.75) is 37.5 Å². The summed E-state index contributed by atoms with van der Waals surface area (Å²) in [7, 11) is -2.32. The van der Waals surface area contributed by atoms with Gasteiger partial charge in [-0.05, 0) is 54.4 Å². The monoisotopic (exact) mass is 408 g/mol. The molecule has 8 heteroatoms. The summed E-state index contributed by atoms with van der Waals surface area (Å²) < 4.78 is 48.2. The second kappa shape index (κ2) is 10.7. The van der Waals surface area contributed by atoms with Crippen molar-refractivity contribution >= 4 is 16.2 Å². The first kappa shape index (κ1) is 21.7. The van der Waals surface area contributed by atoms with Crippen molar-refractivity contribution in [3.05, 3.63) is 53.8 Å². The number of rotatable bonds is 11. The van der Waals surface area contributed by atoms with Gasteiger partial charge >= 0.3 is 0 Å². The van der Waals surface area contributed by atoms with Gasteiger partial charge in [-0.1, -0.05) is 26.2 Å². The van der Waals surface area contributed by atoms with Crippen LogP contribution >= 0.6 is 0 Å². The van der Waals surface area contributed by atoms with Gasteiger partial charge in [0.25, 0.3) is 10.0 Å². The number of hydrazone groups is 1. The maximum atomic E-state index is 12.9. The summed E-state index contributed by atoms with van der Waals surface area (Å²) >= 11 is 0. The van der Waals surface area contributed by atoms with Crippen LogP contribution in [0, 0.1) is 5.82 Å². The molecular weight excluding hydrogens is 383 g/mol. The lowest BCUT2D eigenvalue weighted by atomic mass is 10.2. The van der Waals surface area contributed by atoms with E-state index in [1.54, 1.807) is 18.2 Å². The standard InChI is InChI=1S/C20H25FN2O4S/c1-3-4-5-6-13-27-19-12-7-16(14-20(19)26-2)15-22-23-28(24,25)18-10-8-17(21)9-11-18/h7-12,14-15,23H,3-6,13H2,1-2H3/b22-15+. The molecule has 2 aromatic rings. The maximum absolute atomic E-state index is 12.9. The van der Waals surface area contributed by atoms with E-state index in [1.807, 2.05) is 0 Å². The smallest absolute Gasteiger partial charge is 0.276 e. The van der Waals surface area contributed by atoms with Gasteiger partial charge in [0.15, 0.2) is 11.5 Å². The molecule has 6 nitrogen and oxygen atoms in total. The predicted molar refractivity (Wildman–Crippen MR) is 107 cm³/mol. The minimum atomic E-state index is -3.86. The molecule has 28 heavy (non-hydrogen) atoms. The lowest BCUT2D eigenvalue weighted by Crippen LogP contribution is -2.18. The predicted octanol–water partition coefficient (Wildman–Crippen LogP) is 4.11. The molecule has 152 valence electrons. The molecule has 0 fully saturated rings. The number of hydrogen-bond acceptors (Lipinski definition) is 5.